The van der Waals surface area contributed by atoms with Gasteiger partial charge in [0.25, 0.3) is 0 Å². The van der Waals surface area contributed by atoms with E-state index in [0.717, 1.165) is 48.0 Å². The van der Waals surface area contributed by atoms with Crippen molar-refractivity contribution >= 4 is 18.5 Å². The average Bonchev–Trinajstić information content (AvgIpc) is 2.85. The first kappa shape index (κ1) is 22.1. The van der Waals surface area contributed by atoms with E-state index in [4.69, 9.17) is 9.73 Å². The number of hydrogen-bond acceptors (Lipinski definition) is 5. The minimum absolute atomic E-state index is 0.733. The Hall–Kier alpha value is -3.12. The van der Waals surface area contributed by atoms with Crippen LogP contribution in [-0.4, -0.2) is 67.4 Å². The van der Waals surface area contributed by atoms with Gasteiger partial charge in [-0.2, -0.15) is 0 Å². The number of allylic oxidation sites excluding steroid dienone is 3. The van der Waals surface area contributed by atoms with Crippen molar-refractivity contribution in [3.8, 4) is 5.75 Å². The highest BCUT2D eigenvalue weighted by Crippen LogP contribution is 2.27. The summed E-state index contributed by atoms with van der Waals surface area (Å²) in [5, 5.41) is 5.25. The number of likely N-dealkylation sites (tertiary alicyclic amines) is 1. The number of hydrazine groups is 1. The van der Waals surface area contributed by atoms with E-state index in [2.05, 4.69) is 48.3 Å². The summed E-state index contributed by atoms with van der Waals surface area (Å²) in [6.45, 7) is 11.1. The fourth-order valence-corrected chi connectivity index (χ4v) is 4.17. The predicted molar refractivity (Wildman–Crippen MR) is 132 cm³/mol. The highest BCUT2D eigenvalue weighted by Gasteiger charge is 2.23. The Kier molecular flexibility index (Phi) is 7.22. The molecule has 6 heteroatoms. The Morgan fingerprint density at radius 2 is 1.97 bits per heavy atom. The summed E-state index contributed by atoms with van der Waals surface area (Å²) in [4.78, 5) is 7.28. The van der Waals surface area contributed by atoms with E-state index in [1.807, 2.05) is 42.7 Å². The summed E-state index contributed by atoms with van der Waals surface area (Å²) >= 11 is 0. The Balaban J connectivity index is 1.43. The van der Waals surface area contributed by atoms with Gasteiger partial charge in [-0.3, -0.25) is 4.90 Å². The van der Waals surface area contributed by atoms with Gasteiger partial charge in [0.15, 0.2) is 19.6 Å². The minimum Gasteiger partial charge on any atom is -0.492 e. The summed E-state index contributed by atoms with van der Waals surface area (Å²) in [5.41, 5.74) is 4.48. The number of hydrogen-bond donors (Lipinski definition) is 1. The Bertz CT molecular complexity index is 978. The molecule has 32 heavy (non-hydrogen) atoms. The van der Waals surface area contributed by atoms with E-state index in [0.29, 0.717) is 0 Å². The van der Waals surface area contributed by atoms with Crippen molar-refractivity contribution in [1.82, 2.24) is 15.2 Å². The van der Waals surface area contributed by atoms with Crippen LogP contribution < -0.4 is 10.1 Å². The first-order valence-electron chi connectivity index (χ1n) is 11.5. The normalized spacial score (nSPS) is 20.4. The van der Waals surface area contributed by atoms with Crippen molar-refractivity contribution in [3.05, 3.63) is 71.3 Å². The molecule has 0 aromatic heterocycles. The summed E-state index contributed by atoms with van der Waals surface area (Å²) < 4.78 is 7.78. The molecule has 1 saturated heterocycles. The maximum Gasteiger partial charge on any atom is 0.196 e. The first-order chi connectivity index (χ1) is 15.6. The first-order valence-corrected chi connectivity index (χ1v) is 11.5. The molecule has 1 N–H and O–H groups in total. The molecule has 1 fully saturated rings. The fourth-order valence-electron chi connectivity index (χ4n) is 4.17. The summed E-state index contributed by atoms with van der Waals surface area (Å²) in [6, 6.07) is 8.27. The second-order valence-corrected chi connectivity index (χ2v) is 8.50. The number of hydrazone groups is 1. The molecule has 0 amide bonds. The third-order valence-electron chi connectivity index (χ3n) is 6.11. The molecule has 3 aliphatic heterocycles. The summed E-state index contributed by atoms with van der Waals surface area (Å²) in [7, 11) is 1.93. The molecular formula is C26H34N5O+. The van der Waals surface area contributed by atoms with Crippen LogP contribution in [-0.2, 0) is 0 Å². The average molecular weight is 433 g/mol. The van der Waals surface area contributed by atoms with Crippen LogP contribution in [0.25, 0.3) is 5.57 Å². The molecule has 1 aromatic rings. The van der Waals surface area contributed by atoms with Crippen LogP contribution in [0.3, 0.4) is 0 Å². The van der Waals surface area contributed by atoms with Crippen molar-refractivity contribution in [1.29, 1.82) is 0 Å². The second-order valence-electron chi connectivity index (χ2n) is 8.50. The molecule has 4 rings (SSSR count). The van der Waals surface area contributed by atoms with Crippen LogP contribution in [0.15, 0.2) is 70.8 Å². The Labute approximate surface area is 191 Å². The zero-order valence-corrected chi connectivity index (χ0v) is 19.3. The number of ether oxygens (including phenoxy) is 1. The highest BCUT2D eigenvalue weighted by atomic mass is 16.5. The number of dihydropyridines is 1. The molecule has 3 aliphatic rings. The molecule has 0 spiro atoms. The van der Waals surface area contributed by atoms with E-state index in [1.165, 1.54) is 37.9 Å². The quantitative estimate of drug-likeness (QED) is 0.526. The van der Waals surface area contributed by atoms with Gasteiger partial charge in [0.05, 0.1) is 6.20 Å². The summed E-state index contributed by atoms with van der Waals surface area (Å²) in [6.07, 6.45) is 14.1. The Morgan fingerprint density at radius 1 is 1.19 bits per heavy atom. The smallest absolute Gasteiger partial charge is 0.196 e. The van der Waals surface area contributed by atoms with E-state index in [-0.39, 0.29) is 0 Å². The lowest BCUT2D eigenvalue weighted by atomic mass is 10.0. The van der Waals surface area contributed by atoms with Crippen molar-refractivity contribution in [3.63, 3.8) is 0 Å². The monoisotopic (exact) mass is 432 g/mol. The van der Waals surface area contributed by atoms with Crippen molar-refractivity contribution in [2.24, 2.45) is 4.99 Å². The van der Waals surface area contributed by atoms with Crippen LogP contribution in [0.1, 0.15) is 31.7 Å². The van der Waals surface area contributed by atoms with Crippen LogP contribution in [0, 0.1) is 0 Å². The zero-order valence-electron chi connectivity index (χ0n) is 19.3. The van der Waals surface area contributed by atoms with Crippen molar-refractivity contribution in [2.75, 3.05) is 39.8 Å². The molecule has 3 heterocycles. The number of nitrogens with one attached hydrogen (secondary N) is 1. The van der Waals surface area contributed by atoms with Gasteiger partial charge >= 0.3 is 0 Å². The zero-order chi connectivity index (χ0) is 22.3. The largest absolute Gasteiger partial charge is 0.492 e. The van der Waals surface area contributed by atoms with Gasteiger partial charge in [0, 0.05) is 30.5 Å². The maximum atomic E-state index is 5.98. The lowest BCUT2D eigenvalue weighted by molar-refractivity contribution is -0.635. The standard InChI is InChI=1S/C26H34N5O/c1-21(23-8-7-13-27-18-23)26-28-19-24(20-31(26)29(2)3)22-9-11-25(12-10-22)32-17-16-30-14-5-4-6-15-30/h7-13,19-20,27H,2,4-6,14-18H2,1,3H3/q+1. The predicted octanol–water partition coefficient (Wildman–Crippen LogP) is 3.81. The minimum atomic E-state index is 0.733. The SMILES string of the molecule is C=[N+](C)N1C=C(c2ccc(OCCN3CCCCC3)cc2)C=NC1=C(C)C1=CC=CNC1. The molecule has 0 aliphatic carbocycles. The Morgan fingerprint density at radius 3 is 2.66 bits per heavy atom. The van der Waals surface area contributed by atoms with E-state index < -0.39 is 0 Å². The van der Waals surface area contributed by atoms with E-state index >= 15 is 0 Å². The van der Waals surface area contributed by atoms with Gasteiger partial charge < -0.3 is 10.1 Å². The van der Waals surface area contributed by atoms with Gasteiger partial charge in [0.2, 0.25) is 0 Å². The van der Waals surface area contributed by atoms with Gasteiger partial charge in [-0.05, 0) is 68.4 Å². The van der Waals surface area contributed by atoms with Gasteiger partial charge in [-0.1, -0.05) is 24.6 Å². The van der Waals surface area contributed by atoms with Crippen LogP contribution in [0.4, 0.5) is 0 Å². The molecule has 0 unspecified atom stereocenters. The lowest BCUT2D eigenvalue weighted by Crippen LogP contribution is -2.33. The van der Waals surface area contributed by atoms with Crippen LogP contribution >= 0.6 is 0 Å². The second kappa shape index (κ2) is 10.5. The molecule has 0 saturated carbocycles. The fraction of sp³-hybridized carbons (Fsp3) is 0.385. The molecule has 0 bridgehead atoms. The molecule has 0 atom stereocenters. The molecule has 0 radical (unpaired) electrons. The third kappa shape index (κ3) is 5.37. The molecule has 6 nitrogen and oxygen atoms in total. The highest BCUT2D eigenvalue weighted by molar-refractivity contribution is 6.10. The van der Waals surface area contributed by atoms with Crippen molar-refractivity contribution in [2.45, 2.75) is 26.2 Å². The van der Waals surface area contributed by atoms with Crippen LogP contribution in [0.2, 0.25) is 0 Å². The molecular weight excluding hydrogens is 398 g/mol. The van der Waals surface area contributed by atoms with Gasteiger partial charge in [-0.25, -0.2) is 4.99 Å². The summed E-state index contributed by atoms with van der Waals surface area (Å²) in [5.74, 6) is 1.79. The van der Waals surface area contributed by atoms with Gasteiger partial charge in [0.1, 0.15) is 12.4 Å². The number of aliphatic imine (C=N–C) groups is 1. The molecule has 168 valence electrons. The molecule has 1 aromatic carbocycles. The topological polar surface area (TPSA) is 43.1 Å². The number of rotatable bonds is 7. The van der Waals surface area contributed by atoms with E-state index in [9.17, 15) is 0 Å². The van der Waals surface area contributed by atoms with Gasteiger partial charge in [-0.15, -0.1) is 9.69 Å². The number of nitrogens with zero attached hydrogens (tertiary/aromatic N) is 4. The maximum absolute atomic E-state index is 5.98. The van der Waals surface area contributed by atoms with Crippen molar-refractivity contribution < 1.29 is 9.42 Å². The van der Waals surface area contributed by atoms with Crippen LogP contribution in [0.5, 0.6) is 5.75 Å². The third-order valence-corrected chi connectivity index (χ3v) is 6.11. The van der Waals surface area contributed by atoms with E-state index in [1.54, 1.807) is 4.68 Å². The lowest BCUT2D eigenvalue weighted by Gasteiger charge is -2.26. The number of benzene rings is 1. The number of piperidine rings is 1.